The van der Waals surface area contributed by atoms with E-state index in [9.17, 15) is 18.0 Å². The molecule has 0 saturated heterocycles. The number of carbonyl (C=O) groups is 2. The summed E-state index contributed by atoms with van der Waals surface area (Å²) in [5.74, 6) is -0.500. The van der Waals surface area contributed by atoms with E-state index < -0.39 is 22.0 Å². The minimum Gasteiger partial charge on any atom is -0.483 e. The summed E-state index contributed by atoms with van der Waals surface area (Å²) in [6.45, 7) is -0.141. The topological polar surface area (TPSA) is 121 Å². The highest BCUT2D eigenvalue weighted by Gasteiger charge is 2.36. The van der Waals surface area contributed by atoms with E-state index in [1.54, 1.807) is 26.2 Å². The summed E-state index contributed by atoms with van der Waals surface area (Å²) < 4.78 is 34.4. The fraction of sp³-hybridized carbons (Fsp3) is 0.208. The SMILES string of the molecule is CN(C)C(=O)NCC1CN(S(=O)(=O)c2cccc(Cl)c2)c2nc(NC(=O)c3c(Cl)cccc3Cl)ccc2O1. The van der Waals surface area contributed by atoms with E-state index in [2.05, 4.69) is 15.6 Å². The van der Waals surface area contributed by atoms with Gasteiger partial charge >= 0.3 is 6.03 Å². The molecule has 200 valence electrons. The first-order valence-electron chi connectivity index (χ1n) is 11.1. The smallest absolute Gasteiger partial charge is 0.317 e. The number of pyridine rings is 1. The van der Waals surface area contributed by atoms with Crippen molar-refractivity contribution < 1.29 is 22.7 Å². The molecule has 3 amide bonds. The van der Waals surface area contributed by atoms with Crippen molar-refractivity contribution >= 4 is 68.4 Å². The quantitative estimate of drug-likeness (QED) is 0.430. The molecule has 4 rings (SSSR count). The van der Waals surface area contributed by atoms with Gasteiger partial charge in [-0.15, -0.1) is 0 Å². The third-order valence-electron chi connectivity index (χ3n) is 5.44. The predicted molar refractivity (Wildman–Crippen MR) is 146 cm³/mol. The highest BCUT2D eigenvalue weighted by molar-refractivity contribution is 7.92. The molecule has 2 N–H and O–H groups in total. The van der Waals surface area contributed by atoms with Crippen LogP contribution in [-0.2, 0) is 10.0 Å². The van der Waals surface area contributed by atoms with Gasteiger partial charge in [-0.1, -0.05) is 46.9 Å². The van der Waals surface area contributed by atoms with E-state index in [1.807, 2.05) is 0 Å². The Morgan fingerprint density at radius 3 is 2.42 bits per heavy atom. The lowest BCUT2D eigenvalue weighted by molar-refractivity contribution is 0.102. The second kappa shape index (κ2) is 11.2. The zero-order chi connectivity index (χ0) is 27.6. The zero-order valence-corrected chi connectivity index (χ0v) is 23.2. The van der Waals surface area contributed by atoms with Crippen LogP contribution in [0.3, 0.4) is 0 Å². The van der Waals surface area contributed by atoms with Gasteiger partial charge in [-0.3, -0.25) is 4.79 Å². The van der Waals surface area contributed by atoms with Crippen molar-refractivity contribution in [3.8, 4) is 5.75 Å². The van der Waals surface area contributed by atoms with Crippen molar-refractivity contribution in [2.45, 2.75) is 11.0 Å². The molecule has 0 bridgehead atoms. The summed E-state index contributed by atoms with van der Waals surface area (Å²) in [4.78, 5) is 30.5. The number of fused-ring (bicyclic) bond motifs is 1. The Morgan fingerprint density at radius 1 is 1.08 bits per heavy atom. The van der Waals surface area contributed by atoms with Crippen LogP contribution in [0.4, 0.5) is 16.4 Å². The van der Waals surface area contributed by atoms with Crippen LogP contribution in [0.5, 0.6) is 5.75 Å². The predicted octanol–water partition coefficient (Wildman–Crippen LogP) is 4.52. The molecule has 0 fully saturated rings. The van der Waals surface area contributed by atoms with Crippen molar-refractivity contribution in [3.05, 3.63) is 75.2 Å². The Morgan fingerprint density at radius 2 is 1.76 bits per heavy atom. The summed E-state index contributed by atoms with van der Waals surface area (Å²) in [5, 5.41) is 5.80. The molecule has 2 aromatic carbocycles. The summed E-state index contributed by atoms with van der Waals surface area (Å²) >= 11 is 18.3. The maximum atomic E-state index is 13.7. The maximum Gasteiger partial charge on any atom is 0.317 e. The maximum absolute atomic E-state index is 13.7. The number of ether oxygens (including phenoxy) is 1. The number of benzene rings is 2. The second-order valence-corrected chi connectivity index (χ2v) is 11.5. The standard InChI is InChI=1S/C24H22Cl3N5O5S/c1-31(2)24(34)28-12-15-13-32(38(35,36)16-6-3-5-14(25)11-16)22-19(37-15)9-10-20(29-22)30-23(33)21-17(26)7-4-8-18(21)27/h3-11,15H,12-13H2,1-2H3,(H,28,34)(H,29,30,33). The van der Waals surface area contributed by atoms with Crippen LogP contribution in [0.2, 0.25) is 15.1 Å². The van der Waals surface area contributed by atoms with Crippen LogP contribution in [0.1, 0.15) is 10.4 Å². The second-order valence-electron chi connectivity index (χ2n) is 8.38. The van der Waals surface area contributed by atoms with Gasteiger partial charge in [0.15, 0.2) is 11.6 Å². The van der Waals surface area contributed by atoms with Gasteiger partial charge in [0.25, 0.3) is 15.9 Å². The fourth-order valence-corrected chi connectivity index (χ4v) is 5.92. The lowest BCUT2D eigenvalue weighted by atomic mass is 10.2. The van der Waals surface area contributed by atoms with Crippen LogP contribution in [0, 0.1) is 0 Å². The highest BCUT2D eigenvalue weighted by atomic mass is 35.5. The number of halogens is 3. The van der Waals surface area contributed by atoms with Gasteiger partial charge < -0.3 is 20.3 Å². The molecule has 0 saturated carbocycles. The van der Waals surface area contributed by atoms with Crippen LogP contribution < -0.4 is 19.7 Å². The Hall–Kier alpha value is -3.25. The fourth-order valence-electron chi connectivity index (χ4n) is 3.59. The summed E-state index contributed by atoms with van der Waals surface area (Å²) in [7, 11) is -1.01. The van der Waals surface area contributed by atoms with Crippen molar-refractivity contribution in [1.29, 1.82) is 0 Å². The Kier molecular flexibility index (Phi) is 8.22. The molecule has 2 heterocycles. The number of hydrogen-bond acceptors (Lipinski definition) is 6. The van der Waals surface area contributed by atoms with Crippen molar-refractivity contribution in [1.82, 2.24) is 15.2 Å². The first-order valence-corrected chi connectivity index (χ1v) is 13.7. The number of nitrogens with one attached hydrogen (secondary N) is 2. The summed E-state index contributed by atoms with van der Waals surface area (Å²) in [6, 6.07) is 13.0. The first kappa shape index (κ1) is 27.8. The normalized spacial score (nSPS) is 14.8. The number of sulfonamides is 1. The minimum atomic E-state index is -4.17. The van der Waals surface area contributed by atoms with E-state index in [1.165, 1.54) is 47.4 Å². The zero-order valence-electron chi connectivity index (χ0n) is 20.1. The molecule has 10 nitrogen and oxygen atoms in total. The van der Waals surface area contributed by atoms with E-state index in [4.69, 9.17) is 39.5 Å². The lowest BCUT2D eigenvalue weighted by Crippen LogP contribution is -2.50. The van der Waals surface area contributed by atoms with E-state index in [0.717, 1.165) is 4.31 Å². The van der Waals surface area contributed by atoms with Crippen LogP contribution in [0.15, 0.2) is 59.5 Å². The van der Waals surface area contributed by atoms with Crippen LogP contribution in [-0.4, -0.2) is 63.5 Å². The molecule has 3 aromatic rings. The largest absolute Gasteiger partial charge is 0.483 e. The molecule has 0 spiro atoms. The van der Waals surface area contributed by atoms with Gasteiger partial charge in [-0.05, 0) is 42.5 Å². The van der Waals surface area contributed by atoms with Crippen molar-refractivity contribution in [2.24, 2.45) is 0 Å². The van der Waals surface area contributed by atoms with E-state index in [0.29, 0.717) is 0 Å². The Balaban J connectivity index is 1.70. The van der Waals surface area contributed by atoms with Gasteiger partial charge in [-0.25, -0.2) is 22.5 Å². The molecule has 0 aliphatic carbocycles. The third-order valence-corrected chi connectivity index (χ3v) is 8.06. The number of anilines is 2. The molecule has 14 heteroatoms. The number of amides is 3. The number of carbonyl (C=O) groups excluding carboxylic acids is 2. The molecular weight excluding hydrogens is 577 g/mol. The van der Waals surface area contributed by atoms with Gasteiger partial charge in [0.2, 0.25) is 0 Å². The van der Waals surface area contributed by atoms with Crippen molar-refractivity contribution in [2.75, 3.05) is 36.8 Å². The average molecular weight is 599 g/mol. The summed E-state index contributed by atoms with van der Waals surface area (Å²) in [5.41, 5.74) is 0.0479. The molecule has 1 aliphatic rings. The van der Waals surface area contributed by atoms with Crippen LogP contribution >= 0.6 is 34.8 Å². The van der Waals surface area contributed by atoms with E-state index >= 15 is 0 Å². The van der Waals surface area contributed by atoms with Gasteiger partial charge in [0.1, 0.15) is 11.9 Å². The van der Waals surface area contributed by atoms with Crippen LogP contribution in [0.25, 0.3) is 0 Å². The minimum absolute atomic E-state index is 0.0293. The molecule has 38 heavy (non-hydrogen) atoms. The highest BCUT2D eigenvalue weighted by Crippen LogP contribution is 2.37. The van der Waals surface area contributed by atoms with E-state index in [-0.39, 0.29) is 62.0 Å². The third kappa shape index (κ3) is 5.91. The summed E-state index contributed by atoms with van der Waals surface area (Å²) in [6.07, 6.45) is -0.732. The Labute approximate surface area is 234 Å². The number of rotatable bonds is 6. The molecule has 1 aliphatic heterocycles. The number of nitrogens with zero attached hydrogens (tertiary/aromatic N) is 3. The van der Waals surface area contributed by atoms with Gasteiger partial charge in [-0.2, -0.15) is 0 Å². The van der Waals surface area contributed by atoms with Crippen molar-refractivity contribution in [3.63, 3.8) is 0 Å². The number of hydrogen-bond donors (Lipinski definition) is 2. The molecule has 1 aromatic heterocycles. The monoisotopic (exact) mass is 597 g/mol. The molecular formula is C24H22Cl3N5O5S. The van der Waals surface area contributed by atoms with Gasteiger partial charge in [0.05, 0.1) is 33.6 Å². The molecule has 1 unspecified atom stereocenters. The lowest BCUT2D eigenvalue weighted by Gasteiger charge is -2.35. The average Bonchev–Trinajstić information content (AvgIpc) is 2.86. The number of aromatic nitrogens is 1. The number of urea groups is 1. The molecule has 0 radical (unpaired) electrons. The first-order chi connectivity index (χ1) is 18.0. The molecule has 1 atom stereocenters. The van der Waals surface area contributed by atoms with Gasteiger partial charge in [0, 0.05) is 19.1 Å². The Bertz CT molecular complexity index is 1480.